The van der Waals surface area contributed by atoms with Crippen molar-refractivity contribution in [2.45, 2.75) is 38.1 Å². The number of halogens is 3. The van der Waals surface area contributed by atoms with Crippen molar-refractivity contribution in [1.29, 1.82) is 0 Å². The first-order valence-corrected chi connectivity index (χ1v) is 5.56. The van der Waals surface area contributed by atoms with Gasteiger partial charge in [-0.05, 0) is 31.5 Å². The molecule has 1 atom stereocenters. The van der Waals surface area contributed by atoms with Crippen LogP contribution in [0.1, 0.15) is 37.5 Å². The molecule has 5 heteroatoms. The van der Waals surface area contributed by atoms with Crippen LogP contribution < -0.4 is 0 Å². The van der Waals surface area contributed by atoms with E-state index in [-0.39, 0.29) is 0 Å². The van der Waals surface area contributed by atoms with Gasteiger partial charge in [0.25, 0.3) is 0 Å². The Balaban J connectivity index is 2.80. The second kappa shape index (κ2) is 5.28. The van der Waals surface area contributed by atoms with Gasteiger partial charge in [0.15, 0.2) is 0 Å². The Labute approximate surface area is 104 Å². The molecular formula is C13H17F3O2. The van der Waals surface area contributed by atoms with Crippen LogP contribution in [0.2, 0.25) is 0 Å². The highest BCUT2D eigenvalue weighted by molar-refractivity contribution is 5.26. The van der Waals surface area contributed by atoms with Gasteiger partial charge >= 0.3 is 6.18 Å². The Bertz CT molecular complexity index is 382. The molecular weight excluding hydrogens is 245 g/mol. The van der Waals surface area contributed by atoms with Gasteiger partial charge < -0.3 is 9.84 Å². The van der Waals surface area contributed by atoms with Gasteiger partial charge in [-0.3, -0.25) is 0 Å². The molecule has 0 amide bonds. The maximum absolute atomic E-state index is 12.4. The van der Waals surface area contributed by atoms with E-state index >= 15 is 0 Å². The second-order valence-electron chi connectivity index (χ2n) is 4.80. The summed E-state index contributed by atoms with van der Waals surface area (Å²) in [7, 11) is 1.53. The monoisotopic (exact) mass is 262 g/mol. The van der Waals surface area contributed by atoms with Crippen LogP contribution in [0.4, 0.5) is 13.2 Å². The first kappa shape index (κ1) is 15.0. The van der Waals surface area contributed by atoms with Crippen molar-refractivity contribution in [3.05, 3.63) is 35.4 Å². The van der Waals surface area contributed by atoms with Crippen LogP contribution in [0.3, 0.4) is 0 Å². The van der Waals surface area contributed by atoms with Crippen LogP contribution >= 0.6 is 0 Å². The van der Waals surface area contributed by atoms with Crippen molar-refractivity contribution < 1.29 is 23.0 Å². The minimum Gasteiger partial charge on any atom is -0.388 e. The number of hydrogen-bond acceptors (Lipinski definition) is 2. The lowest BCUT2D eigenvalue weighted by Gasteiger charge is -2.26. The lowest BCUT2D eigenvalue weighted by molar-refractivity contribution is -0.137. The van der Waals surface area contributed by atoms with Gasteiger partial charge in [-0.1, -0.05) is 12.1 Å². The molecule has 0 heterocycles. The van der Waals surface area contributed by atoms with Gasteiger partial charge in [-0.2, -0.15) is 13.2 Å². The molecule has 0 aliphatic carbocycles. The number of ether oxygens (including phenoxy) is 1. The fraction of sp³-hybridized carbons (Fsp3) is 0.538. The van der Waals surface area contributed by atoms with Gasteiger partial charge in [0, 0.05) is 13.5 Å². The largest absolute Gasteiger partial charge is 0.416 e. The van der Waals surface area contributed by atoms with Crippen molar-refractivity contribution in [3.63, 3.8) is 0 Å². The summed E-state index contributed by atoms with van der Waals surface area (Å²) >= 11 is 0. The van der Waals surface area contributed by atoms with Crippen LogP contribution in [-0.2, 0) is 10.9 Å². The number of alkyl halides is 3. The summed E-state index contributed by atoms with van der Waals surface area (Å²) in [5.41, 5.74) is -0.792. The smallest absolute Gasteiger partial charge is 0.388 e. The highest BCUT2D eigenvalue weighted by atomic mass is 19.4. The van der Waals surface area contributed by atoms with Gasteiger partial charge in [-0.25, -0.2) is 0 Å². The van der Waals surface area contributed by atoms with Crippen molar-refractivity contribution in [2.24, 2.45) is 0 Å². The maximum atomic E-state index is 12.4. The molecule has 0 saturated heterocycles. The van der Waals surface area contributed by atoms with Crippen LogP contribution in [0.5, 0.6) is 0 Å². The van der Waals surface area contributed by atoms with E-state index in [1.807, 2.05) is 0 Å². The zero-order valence-corrected chi connectivity index (χ0v) is 10.6. The zero-order valence-electron chi connectivity index (χ0n) is 10.6. The third-order valence-electron chi connectivity index (χ3n) is 2.86. The van der Waals surface area contributed by atoms with E-state index in [4.69, 9.17) is 4.74 Å². The number of aliphatic hydroxyl groups is 1. The third-order valence-corrected chi connectivity index (χ3v) is 2.86. The molecule has 0 bridgehead atoms. The number of rotatable bonds is 4. The maximum Gasteiger partial charge on any atom is 0.416 e. The Kier molecular flexibility index (Phi) is 4.40. The summed E-state index contributed by atoms with van der Waals surface area (Å²) < 4.78 is 42.3. The predicted octanol–water partition coefficient (Wildman–Crippen LogP) is 3.55. The summed E-state index contributed by atoms with van der Waals surface area (Å²) in [6.45, 7) is 3.61. The lowest BCUT2D eigenvalue weighted by Crippen LogP contribution is -2.25. The molecule has 1 aromatic rings. The molecule has 2 nitrogen and oxygen atoms in total. The first-order chi connectivity index (χ1) is 8.15. The highest BCUT2D eigenvalue weighted by Gasteiger charge is 2.30. The van der Waals surface area contributed by atoms with Crippen LogP contribution in [0, 0.1) is 0 Å². The molecule has 0 saturated carbocycles. The van der Waals surface area contributed by atoms with Gasteiger partial charge in [0.2, 0.25) is 0 Å². The number of benzene rings is 1. The molecule has 1 aromatic carbocycles. The molecule has 18 heavy (non-hydrogen) atoms. The van der Waals surface area contributed by atoms with E-state index in [1.165, 1.54) is 19.2 Å². The van der Waals surface area contributed by atoms with Crippen LogP contribution in [-0.4, -0.2) is 17.8 Å². The summed E-state index contributed by atoms with van der Waals surface area (Å²) in [6, 6.07) is 4.52. The molecule has 0 aliphatic rings. The SMILES string of the molecule is COC(C)(C)CC(O)c1ccc(C(F)(F)F)cc1. The van der Waals surface area contributed by atoms with Crippen molar-refractivity contribution >= 4 is 0 Å². The molecule has 102 valence electrons. The van der Waals surface area contributed by atoms with E-state index in [2.05, 4.69) is 0 Å². The Morgan fingerprint density at radius 2 is 1.67 bits per heavy atom. The summed E-state index contributed by atoms with van der Waals surface area (Å²) in [5, 5.41) is 9.92. The van der Waals surface area contributed by atoms with Gasteiger partial charge in [0.05, 0.1) is 17.3 Å². The van der Waals surface area contributed by atoms with Crippen molar-refractivity contribution in [2.75, 3.05) is 7.11 Å². The minimum absolute atomic E-state index is 0.314. The minimum atomic E-state index is -4.35. The Morgan fingerprint density at radius 1 is 1.17 bits per heavy atom. The molecule has 0 aromatic heterocycles. The molecule has 1 unspecified atom stereocenters. The molecule has 1 rings (SSSR count). The summed E-state index contributed by atoms with van der Waals surface area (Å²) in [5.74, 6) is 0. The average molecular weight is 262 g/mol. The zero-order chi connectivity index (χ0) is 14.0. The summed E-state index contributed by atoms with van der Waals surface area (Å²) in [6.07, 6.45) is -4.88. The summed E-state index contributed by atoms with van der Waals surface area (Å²) in [4.78, 5) is 0. The van der Waals surface area contributed by atoms with Gasteiger partial charge in [-0.15, -0.1) is 0 Å². The number of hydrogen-bond donors (Lipinski definition) is 1. The van der Waals surface area contributed by atoms with Crippen molar-refractivity contribution in [1.82, 2.24) is 0 Å². The second-order valence-corrected chi connectivity index (χ2v) is 4.80. The van der Waals surface area contributed by atoms with E-state index in [9.17, 15) is 18.3 Å². The highest BCUT2D eigenvalue weighted by Crippen LogP contribution is 2.31. The topological polar surface area (TPSA) is 29.5 Å². The quantitative estimate of drug-likeness (QED) is 0.899. The number of aliphatic hydroxyl groups excluding tert-OH is 1. The number of methoxy groups -OCH3 is 1. The molecule has 0 fully saturated rings. The predicted molar refractivity (Wildman–Crippen MR) is 62.1 cm³/mol. The average Bonchev–Trinajstić information content (AvgIpc) is 2.27. The third kappa shape index (κ3) is 3.99. The van der Waals surface area contributed by atoms with E-state index in [0.29, 0.717) is 12.0 Å². The standard InChI is InChI=1S/C13H17F3O2/c1-12(2,18-3)8-11(17)9-4-6-10(7-5-9)13(14,15)16/h4-7,11,17H,8H2,1-3H3. The lowest BCUT2D eigenvalue weighted by atomic mass is 9.95. The molecule has 0 radical (unpaired) electrons. The van der Waals surface area contributed by atoms with Gasteiger partial charge in [0.1, 0.15) is 0 Å². The molecule has 0 aliphatic heterocycles. The fourth-order valence-corrected chi connectivity index (χ4v) is 1.56. The van der Waals surface area contributed by atoms with E-state index in [1.54, 1.807) is 13.8 Å². The van der Waals surface area contributed by atoms with E-state index in [0.717, 1.165) is 12.1 Å². The Hall–Kier alpha value is -1.07. The normalized spacial score (nSPS) is 14.6. The molecule has 0 spiro atoms. The van der Waals surface area contributed by atoms with E-state index < -0.39 is 23.4 Å². The Morgan fingerprint density at radius 3 is 2.06 bits per heavy atom. The van der Waals surface area contributed by atoms with Crippen molar-refractivity contribution in [3.8, 4) is 0 Å². The molecule has 1 N–H and O–H groups in total. The fourth-order valence-electron chi connectivity index (χ4n) is 1.56. The first-order valence-electron chi connectivity index (χ1n) is 5.56. The van der Waals surface area contributed by atoms with Crippen LogP contribution in [0.15, 0.2) is 24.3 Å². The van der Waals surface area contributed by atoms with Crippen LogP contribution in [0.25, 0.3) is 0 Å².